The highest BCUT2D eigenvalue weighted by Gasteiger charge is 2.40. The first-order chi connectivity index (χ1) is 7.64. The molecule has 1 aromatic rings. The quantitative estimate of drug-likeness (QED) is 0.729. The molecule has 0 spiro atoms. The normalized spacial score (nSPS) is 18.6. The van der Waals surface area contributed by atoms with Crippen LogP contribution >= 0.6 is 11.6 Å². The molecule has 0 radical (unpaired) electrons. The zero-order chi connectivity index (χ0) is 11.6. The van der Waals surface area contributed by atoms with Crippen molar-refractivity contribution in [3.8, 4) is 0 Å². The summed E-state index contributed by atoms with van der Waals surface area (Å²) >= 11 is 5.80. The first kappa shape index (κ1) is 11.7. The Morgan fingerprint density at radius 3 is 2.50 bits per heavy atom. The molecule has 1 aliphatic rings. The van der Waals surface area contributed by atoms with Crippen LogP contribution in [0.5, 0.6) is 0 Å². The molecule has 0 aromatic heterocycles. The van der Waals surface area contributed by atoms with Crippen LogP contribution in [0, 0.1) is 12.3 Å². The third-order valence-electron chi connectivity index (χ3n) is 3.77. The molecule has 1 aromatic carbocycles. The highest BCUT2D eigenvalue weighted by Crippen LogP contribution is 2.43. The van der Waals surface area contributed by atoms with Gasteiger partial charge in [0, 0.05) is 5.41 Å². The lowest BCUT2D eigenvalue weighted by Crippen LogP contribution is -2.27. The second-order valence-electron chi connectivity index (χ2n) is 4.86. The van der Waals surface area contributed by atoms with Crippen LogP contribution < -0.4 is 0 Å². The Bertz CT molecular complexity index is 391. The zero-order valence-corrected chi connectivity index (χ0v) is 10.4. The number of aryl methyl sites for hydroxylation is 1. The Morgan fingerprint density at radius 1 is 1.31 bits per heavy atom. The summed E-state index contributed by atoms with van der Waals surface area (Å²) < 4.78 is 0. The minimum Gasteiger partial charge on any atom is -0.281 e. The van der Waals surface area contributed by atoms with Gasteiger partial charge in [0.2, 0.25) is 5.24 Å². The number of rotatable bonds is 3. The molecule has 16 heavy (non-hydrogen) atoms. The minimum atomic E-state index is -0.284. The molecule has 1 saturated carbocycles. The molecule has 0 heterocycles. The molecule has 0 saturated heterocycles. The lowest BCUT2D eigenvalue weighted by molar-refractivity contribution is -0.120. The molecule has 0 amide bonds. The van der Waals surface area contributed by atoms with Gasteiger partial charge in [-0.25, -0.2) is 0 Å². The number of halogens is 1. The predicted octanol–water partition coefficient (Wildman–Crippen LogP) is 3.86. The third kappa shape index (κ3) is 2.15. The van der Waals surface area contributed by atoms with Crippen LogP contribution in [0.3, 0.4) is 0 Å². The average Bonchev–Trinajstić information content (AvgIpc) is 2.71. The van der Waals surface area contributed by atoms with E-state index in [-0.39, 0.29) is 10.7 Å². The smallest absolute Gasteiger partial charge is 0.228 e. The number of carbonyl (C=O) groups is 1. The molecular formula is C14H17ClO. The molecule has 86 valence electrons. The molecule has 1 fully saturated rings. The van der Waals surface area contributed by atoms with Crippen molar-refractivity contribution in [1.29, 1.82) is 0 Å². The third-order valence-corrected chi connectivity index (χ3v) is 4.17. The van der Waals surface area contributed by atoms with E-state index in [0.29, 0.717) is 0 Å². The van der Waals surface area contributed by atoms with Gasteiger partial charge in [-0.05, 0) is 48.9 Å². The fourth-order valence-electron chi connectivity index (χ4n) is 2.67. The Kier molecular flexibility index (Phi) is 3.34. The van der Waals surface area contributed by atoms with Crippen LogP contribution in [0.15, 0.2) is 24.3 Å². The molecule has 1 aliphatic carbocycles. The van der Waals surface area contributed by atoms with E-state index in [2.05, 4.69) is 19.1 Å². The van der Waals surface area contributed by atoms with Crippen molar-refractivity contribution in [2.24, 2.45) is 5.41 Å². The fraction of sp³-hybridized carbons (Fsp3) is 0.500. The van der Waals surface area contributed by atoms with Crippen LogP contribution in [0.25, 0.3) is 0 Å². The van der Waals surface area contributed by atoms with Gasteiger partial charge in [-0.1, -0.05) is 37.1 Å². The molecule has 1 nitrogen and oxygen atoms in total. The summed E-state index contributed by atoms with van der Waals surface area (Å²) in [5, 5.41) is -0.145. The van der Waals surface area contributed by atoms with Crippen molar-refractivity contribution in [2.75, 3.05) is 0 Å². The highest BCUT2D eigenvalue weighted by molar-refractivity contribution is 6.64. The number of carbonyl (C=O) groups excluding carboxylic acids is 1. The Labute approximate surface area is 102 Å². The van der Waals surface area contributed by atoms with Gasteiger partial charge >= 0.3 is 0 Å². The molecule has 0 bridgehead atoms. The summed E-state index contributed by atoms with van der Waals surface area (Å²) in [5.41, 5.74) is 2.23. The summed E-state index contributed by atoms with van der Waals surface area (Å²) in [6.45, 7) is 2.09. The van der Waals surface area contributed by atoms with Gasteiger partial charge in [0.25, 0.3) is 0 Å². The van der Waals surface area contributed by atoms with Crippen LogP contribution in [0.2, 0.25) is 0 Å². The van der Waals surface area contributed by atoms with Gasteiger partial charge < -0.3 is 0 Å². The number of benzene rings is 1. The van der Waals surface area contributed by atoms with Gasteiger partial charge in [0.05, 0.1) is 0 Å². The van der Waals surface area contributed by atoms with Gasteiger partial charge in [0.1, 0.15) is 0 Å². The van der Waals surface area contributed by atoms with Crippen LogP contribution in [-0.4, -0.2) is 5.24 Å². The summed E-state index contributed by atoms with van der Waals surface area (Å²) in [4.78, 5) is 11.6. The van der Waals surface area contributed by atoms with E-state index in [1.165, 1.54) is 11.1 Å². The first-order valence-corrected chi connectivity index (χ1v) is 6.26. The molecule has 0 N–H and O–H groups in total. The molecule has 0 aliphatic heterocycles. The van der Waals surface area contributed by atoms with E-state index in [1.54, 1.807) is 0 Å². The summed E-state index contributed by atoms with van der Waals surface area (Å²) in [7, 11) is 0. The fourth-order valence-corrected chi connectivity index (χ4v) is 2.92. The van der Waals surface area contributed by atoms with Crippen LogP contribution in [0.1, 0.15) is 36.8 Å². The van der Waals surface area contributed by atoms with E-state index in [9.17, 15) is 4.79 Å². The van der Waals surface area contributed by atoms with Gasteiger partial charge in [-0.2, -0.15) is 0 Å². The first-order valence-electron chi connectivity index (χ1n) is 5.88. The van der Waals surface area contributed by atoms with E-state index in [1.807, 2.05) is 12.1 Å². The van der Waals surface area contributed by atoms with E-state index < -0.39 is 0 Å². The largest absolute Gasteiger partial charge is 0.281 e. The summed E-state index contributed by atoms with van der Waals surface area (Å²) in [6.07, 6.45) is 4.96. The Hall–Kier alpha value is -0.820. The molecule has 2 heteroatoms. The standard InChI is InChI=1S/C14H17ClO/c1-11-6-2-3-7-12(11)10-14(13(15)16)8-4-5-9-14/h2-3,6-7H,4-5,8-10H2,1H3. The number of hydrogen-bond donors (Lipinski definition) is 0. The van der Waals surface area contributed by atoms with Gasteiger partial charge in [-0.3, -0.25) is 4.79 Å². The maximum Gasteiger partial charge on any atom is 0.228 e. The molecular weight excluding hydrogens is 220 g/mol. The van der Waals surface area contributed by atoms with Gasteiger partial charge in [-0.15, -0.1) is 0 Å². The number of hydrogen-bond acceptors (Lipinski definition) is 1. The second kappa shape index (κ2) is 4.58. The van der Waals surface area contributed by atoms with E-state index in [4.69, 9.17) is 11.6 Å². The van der Waals surface area contributed by atoms with Crippen molar-refractivity contribution >= 4 is 16.8 Å². The predicted molar refractivity (Wildman–Crippen MR) is 66.6 cm³/mol. The SMILES string of the molecule is Cc1ccccc1CC1(C(=O)Cl)CCCC1. The Balaban J connectivity index is 2.25. The average molecular weight is 237 g/mol. The summed E-state index contributed by atoms with van der Waals surface area (Å²) in [5.74, 6) is 0. The summed E-state index contributed by atoms with van der Waals surface area (Å²) in [6, 6.07) is 8.26. The monoisotopic (exact) mass is 236 g/mol. The topological polar surface area (TPSA) is 17.1 Å². The molecule has 0 atom stereocenters. The van der Waals surface area contributed by atoms with Crippen molar-refractivity contribution in [2.45, 2.75) is 39.0 Å². The van der Waals surface area contributed by atoms with Gasteiger partial charge in [0.15, 0.2) is 0 Å². The van der Waals surface area contributed by atoms with Crippen LogP contribution in [0.4, 0.5) is 0 Å². The van der Waals surface area contributed by atoms with E-state index >= 15 is 0 Å². The molecule has 0 unspecified atom stereocenters. The minimum absolute atomic E-state index is 0.145. The lowest BCUT2D eigenvalue weighted by atomic mass is 9.80. The van der Waals surface area contributed by atoms with Crippen molar-refractivity contribution in [3.05, 3.63) is 35.4 Å². The second-order valence-corrected chi connectivity index (χ2v) is 5.21. The highest BCUT2D eigenvalue weighted by atomic mass is 35.5. The van der Waals surface area contributed by atoms with Crippen molar-refractivity contribution in [1.82, 2.24) is 0 Å². The molecule has 2 rings (SSSR count). The maximum atomic E-state index is 11.6. The zero-order valence-electron chi connectivity index (χ0n) is 9.63. The van der Waals surface area contributed by atoms with E-state index in [0.717, 1.165) is 32.1 Å². The maximum absolute atomic E-state index is 11.6. The van der Waals surface area contributed by atoms with Crippen LogP contribution in [-0.2, 0) is 11.2 Å². The van der Waals surface area contributed by atoms with Crippen molar-refractivity contribution < 1.29 is 4.79 Å². The Morgan fingerprint density at radius 2 is 1.94 bits per heavy atom. The lowest BCUT2D eigenvalue weighted by Gasteiger charge is -2.25. The van der Waals surface area contributed by atoms with Crippen molar-refractivity contribution in [3.63, 3.8) is 0 Å².